The predicted molar refractivity (Wildman–Crippen MR) is 82.7 cm³/mol. The fourth-order valence-electron chi connectivity index (χ4n) is 2.10. The van der Waals surface area contributed by atoms with Gasteiger partial charge in [-0.15, -0.1) is 0 Å². The fraction of sp³-hybridized carbons (Fsp3) is 0.188. The van der Waals surface area contributed by atoms with E-state index in [1.807, 2.05) is 44.2 Å². The second kappa shape index (κ2) is 5.75. The quantitative estimate of drug-likeness (QED) is 0.791. The third-order valence-electron chi connectivity index (χ3n) is 3.16. The van der Waals surface area contributed by atoms with E-state index in [1.165, 1.54) is 6.33 Å². The first-order valence-electron chi connectivity index (χ1n) is 6.86. The van der Waals surface area contributed by atoms with Crippen molar-refractivity contribution in [2.75, 3.05) is 11.9 Å². The van der Waals surface area contributed by atoms with Gasteiger partial charge in [0.05, 0.1) is 17.3 Å². The molecule has 3 aromatic rings. The van der Waals surface area contributed by atoms with Gasteiger partial charge in [0.1, 0.15) is 17.9 Å². The Morgan fingerprint density at radius 2 is 2.00 bits per heavy atom. The Morgan fingerprint density at radius 1 is 1.14 bits per heavy atom. The lowest BCUT2D eigenvalue weighted by Gasteiger charge is -2.11. The molecule has 21 heavy (non-hydrogen) atoms. The second-order valence-corrected chi connectivity index (χ2v) is 4.65. The number of ether oxygens (including phenoxy) is 1. The van der Waals surface area contributed by atoms with Crippen molar-refractivity contribution in [3.05, 3.63) is 48.4 Å². The van der Waals surface area contributed by atoms with Crippen molar-refractivity contribution < 1.29 is 4.74 Å². The molecule has 0 saturated carbocycles. The number of pyridine rings is 1. The maximum atomic E-state index is 5.85. The number of hydrogen-bond acceptors (Lipinski definition) is 5. The molecule has 0 radical (unpaired) electrons. The Labute approximate surface area is 123 Å². The van der Waals surface area contributed by atoms with Crippen molar-refractivity contribution >= 4 is 16.7 Å². The van der Waals surface area contributed by atoms with Gasteiger partial charge in [-0.05, 0) is 26.0 Å². The van der Waals surface area contributed by atoms with E-state index in [2.05, 4.69) is 20.3 Å². The molecule has 1 aromatic carbocycles. The maximum Gasteiger partial charge on any atom is 0.227 e. The SMILES string of the molecule is CCNc1ncnc(Oc2cnc3ccccc3c2)c1C. The van der Waals surface area contributed by atoms with Crippen molar-refractivity contribution in [3.63, 3.8) is 0 Å². The summed E-state index contributed by atoms with van der Waals surface area (Å²) in [6.07, 6.45) is 3.20. The monoisotopic (exact) mass is 280 g/mol. The predicted octanol–water partition coefficient (Wildman–Crippen LogP) is 3.56. The molecule has 0 unspecified atom stereocenters. The van der Waals surface area contributed by atoms with Crippen molar-refractivity contribution in [2.24, 2.45) is 0 Å². The summed E-state index contributed by atoms with van der Waals surface area (Å²) in [7, 11) is 0. The number of aromatic nitrogens is 3. The molecular formula is C16H16N4O. The zero-order chi connectivity index (χ0) is 14.7. The molecule has 0 aliphatic heterocycles. The van der Waals surface area contributed by atoms with Gasteiger partial charge in [-0.25, -0.2) is 9.97 Å². The molecule has 0 amide bonds. The van der Waals surface area contributed by atoms with Crippen molar-refractivity contribution in [3.8, 4) is 11.6 Å². The smallest absolute Gasteiger partial charge is 0.227 e. The Morgan fingerprint density at radius 3 is 2.86 bits per heavy atom. The van der Waals surface area contributed by atoms with Crippen LogP contribution in [0.15, 0.2) is 42.9 Å². The van der Waals surface area contributed by atoms with Crippen LogP contribution in [0.25, 0.3) is 10.9 Å². The second-order valence-electron chi connectivity index (χ2n) is 4.65. The van der Waals surface area contributed by atoms with Gasteiger partial charge in [0.25, 0.3) is 0 Å². The minimum atomic E-state index is 0.540. The van der Waals surface area contributed by atoms with Gasteiger partial charge in [0.2, 0.25) is 5.88 Å². The zero-order valence-corrected chi connectivity index (χ0v) is 12.0. The topological polar surface area (TPSA) is 59.9 Å². The lowest BCUT2D eigenvalue weighted by Crippen LogP contribution is -2.03. The van der Waals surface area contributed by atoms with Crippen LogP contribution in [0.5, 0.6) is 11.6 Å². The van der Waals surface area contributed by atoms with Gasteiger partial charge in [0.15, 0.2) is 0 Å². The molecule has 5 nitrogen and oxygen atoms in total. The lowest BCUT2D eigenvalue weighted by atomic mass is 10.2. The normalized spacial score (nSPS) is 10.6. The molecule has 0 saturated heterocycles. The van der Waals surface area contributed by atoms with Crippen LogP contribution in [0.1, 0.15) is 12.5 Å². The van der Waals surface area contributed by atoms with E-state index in [0.717, 1.165) is 28.8 Å². The van der Waals surface area contributed by atoms with Crippen LogP contribution in [0, 0.1) is 6.92 Å². The molecule has 1 N–H and O–H groups in total. The molecule has 0 fully saturated rings. The van der Waals surface area contributed by atoms with Gasteiger partial charge in [-0.2, -0.15) is 0 Å². The number of anilines is 1. The van der Waals surface area contributed by atoms with Crippen LogP contribution >= 0.6 is 0 Å². The lowest BCUT2D eigenvalue weighted by molar-refractivity contribution is 0.456. The number of hydrogen-bond donors (Lipinski definition) is 1. The van der Waals surface area contributed by atoms with E-state index in [9.17, 15) is 0 Å². The van der Waals surface area contributed by atoms with E-state index < -0.39 is 0 Å². The minimum Gasteiger partial charge on any atom is -0.437 e. The van der Waals surface area contributed by atoms with Crippen molar-refractivity contribution in [2.45, 2.75) is 13.8 Å². The Kier molecular flexibility index (Phi) is 3.64. The summed E-state index contributed by atoms with van der Waals surface area (Å²) in [5, 5.41) is 4.22. The maximum absolute atomic E-state index is 5.85. The Bertz CT molecular complexity index is 773. The molecule has 5 heteroatoms. The van der Waals surface area contributed by atoms with Crippen molar-refractivity contribution in [1.82, 2.24) is 15.0 Å². The number of fused-ring (bicyclic) bond motifs is 1. The van der Waals surface area contributed by atoms with E-state index in [1.54, 1.807) is 6.20 Å². The summed E-state index contributed by atoms with van der Waals surface area (Å²) in [6, 6.07) is 9.88. The number of nitrogens with one attached hydrogen (secondary N) is 1. The third kappa shape index (κ3) is 2.76. The van der Waals surface area contributed by atoms with E-state index in [0.29, 0.717) is 11.6 Å². The summed E-state index contributed by atoms with van der Waals surface area (Å²) in [5.41, 5.74) is 1.82. The molecule has 0 bridgehead atoms. The molecule has 2 heterocycles. The average molecular weight is 280 g/mol. The Hall–Kier alpha value is -2.69. The number of rotatable bonds is 4. The highest BCUT2D eigenvalue weighted by atomic mass is 16.5. The minimum absolute atomic E-state index is 0.540. The first-order chi connectivity index (χ1) is 10.3. The molecule has 0 spiro atoms. The van der Waals surface area contributed by atoms with Crippen LogP contribution in [0.3, 0.4) is 0 Å². The molecule has 2 aromatic heterocycles. The van der Waals surface area contributed by atoms with Gasteiger partial charge in [0, 0.05) is 11.9 Å². The fourth-order valence-corrected chi connectivity index (χ4v) is 2.10. The molecule has 106 valence electrons. The van der Waals surface area contributed by atoms with Crippen LogP contribution in [0.4, 0.5) is 5.82 Å². The van der Waals surface area contributed by atoms with Crippen molar-refractivity contribution in [1.29, 1.82) is 0 Å². The van der Waals surface area contributed by atoms with Gasteiger partial charge < -0.3 is 10.1 Å². The number of benzene rings is 1. The van der Waals surface area contributed by atoms with Gasteiger partial charge in [-0.3, -0.25) is 4.98 Å². The standard InChI is InChI=1S/C16H16N4O/c1-3-17-15-11(2)16(20-10-19-15)21-13-8-12-6-4-5-7-14(12)18-9-13/h4-10H,3H2,1-2H3,(H,17,19,20). The first-order valence-corrected chi connectivity index (χ1v) is 6.86. The average Bonchev–Trinajstić information content (AvgIpc) is 2.51. The summed E-state index contributed by atoms with van der Waals surface area (Å²) in [6.45, 7) is 4.76. The van der Waals surface area contributed by atoms with Crippen LogP contribution in [-0.2, 0) is 0 Å². The summed E-state index contributed by atoms with van der Waals surface area (Å²) >= 11 is 0. The van der Waals surface area contributed by atoms with Gasteiger partial charge in [-0.1, -0.05) is 18.2 Å². The van der Waals surface area contributed by atoms with E-state index in [-0.39, 0.29) is 0 Å². The number of nitrogens with zero attached hydrogens (tertiary/aromatic N) is 3. The van der Waals surface area contributed by atoms with E-state index in [4.69, 9.17) is 4.74 Å². The molecule has 0 atom stereocenters. The summed E-state index contributed by atoms with van der Waals surface area (Å²) < 4.78 is 5.85. The third-order valence-corrected chi connectivity index (χ3v) is 3.16. The van der Waals surface area contributed by atoms with Crippen LogP contribution in [0.2, 0.25) is 0 Å². The molecule has 3 rings (SSSR count). The van der Waals surface area contributed by atoms with Crippen LogP contribution in [-0.4, -0.2) is 21.5 Å². The summed E-state index contributed by atoms with van der Waals surface area (Å²) in [5.74, 6) is 1.99. The largest absolute Gasteiger partial charge is 0.437 e. The highest BCUT2D eigenvalue weighted by molar-refractivity contribution is 5.79. The van der Waals surface area contributed by atoms with Crippen LogP contribution < -0.4 is 10.1 Å². The first kappa shape index (κ1) is 13.3. The van der Waals surface area contributed by atoms with E-state index >= 15 is 0 Å². The highest BCUT2D eigenvalue weighted by Crippen LogP contribution is 2.27. The highest BCUT2D eigenvalue weighted by Gasteiger charge is 2.09. The number of para-hydroxylation sites is 1. The molecular weight excluding hydrogens is 264 g/mol. The summed E-state index contributed by atoms with van der Waals surface area (Å²) in [4.78, 5) is 12.8. The molecule has 0 aliphatic rings. The Balaban J connectivity index is 1.93. The zero-order valence-electron chi connectivity index (χ0n) is 12.0. The molecule has 0 aliphatic carbocycles. The van der Waals surface area contributed by atoms with Gasteiger partial charge >= 0.3 is 0 Å².